The van der Waals surface area contributed by atoms with Gasteiger partial charge in [-0.3, -0.25) is 4.79 Å². The molecule has 0 aliphatic carbocycles. The summed E-state index contributed by atoms with van der Waals surface area (Å²) < 4.78 is 40.4. The standard InChI is InChI=1S/C26H29FN4O3S/c27-22-8-5-19(6-9-22)17-28-26(32)21-4-3-13-30(18-21)25-12-7-20-16-23(10-11-24(20)29-25)35(33,34)31-14-1-2-15-31/h5-12,16,21H,1-4,13-15,17-18H2,(H,28,32). The lowest BCUT2D eigenvalue weighted by atomic mass is 9.97. The molecular weight excluding hydrogens is 467 g/mol. The van der Waals surface area contributed by atoms with Crippen molar-refractivity contribution in [2.24, 2.45) is 5.92 Å². The van der Waals surface area contributed by atoms with Crippen LogP contribution in [0.2, 0.25) is 0 Å². The zero-order valence-electron chi connectivity index (χ0n) is 19.5. The molecule has 5 rings (SSSR count). The highest BCUT2D eigenvalue weighted by atomic mass is 32.2. The average Bonchev–Trinajstić information content (AvgIpc) is 3.44. The molecule has 35 heavy (non-hydrogen) atoms. The first-order valence-corrected chi connectivity index (χ1v) is 13.5. The third-order valence-electron chi connectivity index (χ3n) is 6.84. The first-order chi connectivity index (χ1) is 16.9. The molecular formula is C26H29FN4O3S. The molecule has 184 valence electrons. The largest absolute Gasteiger partial charge is 0.356 e. The predicted molar refractivity (Wildman–Crippen MR) is 133 cm³/mol. The highest BCUT2D eigenvalue weighted by Gasteiger charge is 2.28. The highest BCUT2D eigenvalue weighted by Crippen LogP contribution is 2.27. The number of rotatable bonds is 6. The minimum absolute atomic E-state index is 0.0171. The Hall–Kier alpha value is -3.04. The van der Waals surface area contributed by atoms with Crippen LogP contribution in [-0.4, -0.2) is 49.8 Å². The number of sulfonamides is 1. The summed E-state index contributed by atoms with van der Waals surface area (Å²) >= 11 is 0. The van der Waals surface area contributed by atoms with Crippen LogP contribution in [0.3, 0.4) is 0 Å². The predicted octanol–water partition coefficient (Wildman–Crippen LogP) is 3.69. The van der Waals surface area contributed by atoms with Crippen LogP contribution in [0.5, 0.6) is 0 Å². The maximum absolute atomic E-state index is 13.1. The number of piperidine rings is 1. The van der Waals surface area contributed by atoms with Gasteiger partial charge in [-0.25, -0.2) is 17.8 Å². The van der Waals surface area contributed by atoms with Crippen molar-refractivity contribution in [3.63, 3.8) is 0 Å². The Morgan fingerprint density at radius 2 is 1.77 bits per heavy atom. The van der Waals surface area contributed by atoms with Gasteiger partial charge in [-0.15, -0.1) is 0 Å². The van der Waals surface area contributed by atoms with Gasteiger partial charge < -0.3 is 10.2 Å². The molecule has 1 amide bonds. The van der Waals surface area contributed by atoms with Gasteiger partial charge >= 0.3 is 0 Å². The van der Waals surface area contributed by atoms with E-state index in [-0.39, 0.29) is 17.6 Å². The zero-order valence-corrected chi connectivity index (χ0v) is 20.3. The molecule has 0 spiro atoms. The quantitative estimate of drug-likeness (QED) is 0.563. The van der Waals surface area contributed by atoms with E-state index < -0.39 is 10.0 Å². The van der Waals surface area contributed by atoms with Crippen molar-refractivity contribution in [2.75, 3.05) is 31.1 Å². The van der Waals surface area contributed by atoms with Crippen molar-refractivity contribution < 1.29 is 17.6 Å². The molecule has 9 heteroatoms. The van der Waals surface area contributed by atoms with Gasteiger partial charge in [0.2, 0.25) is 15.9 Å². The van der Waals surface area contributed by atoms with Crippen molar-refractivity contribution in [2.45, 2.75) is 37.1 Å². The Morgan fingerprint density at radius 1 is 1.00 bits per heavy atom. The van der Waals surface area contributed by atoms with Gasteiger partial charge in [-0.2, -0.15) is 4.31 Å². The second-order valence-corrected chi connectivity index (χ2v) is 11.2. The summed E-state index contributed by atoms with van der Waals surface area (Å²) in [7, 11) is -3.47. The summed E-state index contributed by atoms with van der Waals surface area (Å²) in [6.07, 6.45) is 3.48. The molecule has 2 fully saturated rings. The van der Waals surface area contributed by atoms with Gasteiger partial charge in [-0.1, -0.05) is 12.1 Å². The van der Waals surface area contributed by atoms with Crippen LogP contribution in [0.15, 0.2) is 59.5 Å². The molecule has 1 unspecified atom stereocenters. The molecule has 1 N–H and O–H groups in total. The number of amides is 1. The van der Waals surface area contributed by atoms with Gasteiger partial charge in [0.1, 0.15) is 11.6 Å². The van der Waals surface area contributed by atoms with Crippen molar-refractivity contribution in [1.29, 1.82) is 0 Å². The number of carbonyl (C=O) groups is 1. The molecule has 0 radical (unpaired) electrons. The maximum Gasteiger partial charge on any atom is 0.243 e. The summed E-state index contributed by atoms with van der Waals surface area (Å²) in [6, 6.07) is 15.0. The number of aromatic nitrogens is 1. The van der Waals surface area contributed by atoms with Gasteiger partial charge in [0.05, 0.1) is 16.3 Å². The monoisotopic (exact) mass is 496 g/mol. The van der Waals surface area contributed by atoms with Crippen molar-refractivity contribution >= 4 is 32.7 Å². The second kappa shape index (κ2) is 9.91. The van der Waals surface area contributed by atoms with Gasteiger partial charge in [0, 0.05) is 38.1 Å². The van der Waals surface area contributed by atoms with Crippen molar-refractivity contribution in [3.8, 4) is 0 Å². The lowest BCUT2D eigenvalue weighted by Crippen LogP contribution is -2.43. The fourth-order valence-electron chi connectivity index (χ4n) is 4.84. The normalized spacial score (nSPS) is 19.2. The first kappa shape index (κ1) is 23.7. The third-order valence-corrected chi connectivity index (χ3v) is 8.74. The smallest absolute Gasteiger partial charge is 0.243 e. The van der Waals surface area contributed by atoms with Crippen molar-refractivity contribution in [3.05, 3.63) is 66.0 Å². The molecule has 7 nitrogen and oxygen atoms in total. The molecule has 1 aromatic heterocycles. The summed E-state index contributed by atoms with van der Waals surface area (Å²) in [6.45, 7) is 2.89. The van der Waals surface area contributed by atoms with E-state index in [9.17, 15) is 17.6 Å². The number of pyridine rings is 1. The number of halogens is 1. The van der Waals surface area contributed by atoms with Crippen LogP contribution in [0.25, 0.3) is 10.9 Å². The van der Waals surface area contributed by atoms with Crippen LogP contribution < -0.4 is 10.2 Å². The number of anilines is 1. The molecule has 2 aromatic carbocycles. The molecule has 2 aliphatic rings. The van der Waals surface area contributed by atoms with E-state index in [1.807, 2.05) is 12.1 Å². The van der Waals surface area contributed by atoms with E-state index in [4.69, 9.17) is 4.98 Å². The highest BCUT2D eigenvalue weighted by molar-refractivity contribution is 7.89. The van der Waals surface area contributed by atoms with Gasteiger partial charge in [0.15, 0.2) is 0 Å². The molecule has 0 bridgehead atoms. The Kier molecular flexibility index (Phi) is 6.71. The molecule has 2 saturated heterocycles. The SMILES string of the molecule is O=C(NCc1ccc(F)cc1)C1CCCN(c2ccc3cc(S(=O)(=O)N4CCCC4)ccc3n2)C1. The number of fused-ring (bicyclic) bond motifs is 1. The van der Waals surface area contributed by atoms with Crippen LogP contribution >= 0.6 is 0 Å². The lowest BCUT2D eigenvalue weighted by Gasteiger charge is -2.33. The average molecular weight is 497 g/mol. The minimum atomic E-state index is -3.47. The van der Waals surface area contributed by atoms with E-state index in [1.165, 1.54) is 12.1 Å². The Balaban J connectivity index is 1.27. The van der Waals surface area contributed by atoms with E-state index in [2.05, 4.69) is 10.2 Å². The maximum atomic E-state index is 13.1. The van der Waals surface area contributed by atoms with E-state index in [0.29, 0.717) is 31.1 Å². The minimum Gasteiger partial charge on any atom is -0.356 e. The third kappa shape index (κ3) is 5.16. The first-order valence-electron chi connectivity index (χ1n) is 12.1. The number of nitrogens with one attached hydrogen (secondary N) is 1. The summed E-state index contributed by atoms with van der Waals surface area (Å²) in [5, 5.41) is 3.74. The van der Waals surface area contributed by atoms with Crippen LogP contribution in [-0.2, 0) is 21.4 Å². The number of nitrogens with zero attached hydrogens (tertiary/aromatic N) is 3. The molecule has 3 heterocycles. The summed E-state index contributed by atoms with van der Waals surface area (Å²) in [5.74, 6) is 0.310. The fraction of sp³-hybridized carbons (Fsp3) is 0.385. The molecule has 3 aromatic rings. The lowest BCUT2D eigenvalue weighted by molar-refractivity contribution is -0.125. The molecule has 2 aliphatic heterocycles. The summed E-state index contributed by atoms with van der Waals surface area (Å²) in [5.41, 5.74) is 1.58. The molecule has 0 saturated carbocycles. The number of hydrogen-bond donors (Lipinski definition) is 1. The molecule has 1 atom stereocenters. The van der Waals surface area contributed by atoms with Gasteiger partial charge in [-0.05, 0) is 73.7 Å². The van der Waals surface area contributed by atoms with Crippen LogP contribution in [0.4, 0.5) is 10.2 Å². The van der Waals surface area contributed by atoms with Gasteiger partial charge in [0.25, 0.3) is 0 Å². The van der Waals surface area contributed by atoms with E-state index in [1.54, 1.807) is 34.6 Å². The Morgan fingerprint density at radius 3 is 2.54 bits per heavy atom. The number of carbonyl (C=O) groups excluding carboxylic acids is 1. The van der Waals surface area contributed by atoms with Crippen LogP contribution in [0.1, 0.15) is 31.2 Å². The fourth-order valence-corrected chi connectivity index (χ4v) is 6.40. The van der Waals surface area contributed by atoms with E-state index in [0.717, 1.165) is 54.5 Å². The Bertz CT molecular complexity index is 1320. The van der Waals surface area contributed by atoms with Crippen LogP contribution in [0, 0.1) is 11.7 Å². The summed E-state index contributed by atoms with van der Waals surface area (Å²) in [4.78, 5) is 20.0. The van der Waals surface area contributed by atoms with E-state index >= 15 is 0 Å². The van der Waals surface area contributed by atoms with Crippen molar-refractivity contribution in [1.82, 2.24) is 14.6 Å². The number of benzene rings is 2. The number of hydrogen-bond acceptors (Lipinski definition) is 5. The topological polar surface area (TPSA) is 82.6 Å². The second-order valence-electron chi connectivity index (χ2n) is 9.26. The zero-order chi connectivity index (χ0) is 24.4. The Labute approximate surface area is 205 Å².